The van der Waals surface area contributed by atoms with Gasteiger partial charge in [-0.3, -0.25) is 0 Å². The summed E-state index contributed by atoms with van der Waals surface area (Å²) in [6.45, 7) is 6.72. The molecule has 0 rings (SSSR count). The Bertz CT molecular complexity index is 81.6. The van der Waals surface area contributed by atoms with Crippen molar-refractivity contribution in [3.63, 3.8) is 0 Å². The van der Waals surface area contributed by atoms with E-state index in [0.29, 0.717) is 5.92 Å². The summed E-state index contributed by atoms with van der Waals surface area (Å²) in [4.78, 5) is 0. The minimum atomic E-state index is 0.669. The highest BCUT2D eigenvalue weighted by Crippen LogP contribution is 2.20. The Balaban J connectivity index is 3.34. The average Bonchev–Trinajstić information content (AvgIpc) is 2.06. The van der Waals surface area contributed by atoms with E-state index in [9.17, 15) is 0 Å². The Morgan fingerprint density at radius 2 is 1.82 bits per heavy atom. The molecule has 0 saturated carbocycles. The van der Waals surface area contributed by atoms with E-state index in [-0.39, 0.29) is 0 Å². The summed E-state index contributed by atoms with van der Waals surface area (Å²) in [5.74, 6) is 2.69. The van der Waals surface area contributed by atoms with Crippen molar-refractivity contribution in [3.05, 3.63) is 0 Å². The lowest BCUT2D eigenvalue weighted by Gasteiger charge is -2.13. The summed E-state index contributed by atoms with van der Waals surface area (Å²) in [6, 6.07) is 0. The molecule has 0 aromatic heterocycles. The second-order valence-corrected chi connectivity index (χ2v) is 4.67. The predicted molar refractivity (Wildman–Crippen MR) is 56.7 cm³/mol. The largest absolute Gasteiger partial charge is 0.158 e. The fourth-order valence-corrected chi connectivity index (χ4v) is 2.30. The molecule has 68 valence electrons. The van der Waals surface area contributed by atoms with E-state index in [4.69, 9.17) is 11.6 Å². The molecule has 0 nitrogen and oxygen atoms in total. The first-order chi connectivity index (χ1) is 5.24. The van der Waals surface area contributed by atoms with Gasteiger partial charge in [-0.1, -0.05) is 20.8 Å². The zero-order valence-electron chi connectivity index (χ0n) is 7.77. The van der Waals surface area contributed by atoms with Gasteiger partial charge in [0.15, 0.2) is 0 Å². The molecule has 0 aliphatic rings. The van der Waals surface area contributed by atoms with Crippen molar-refractivity contribution in [3.8, 4) is 0 Å². The van der Waals surface area contributed by atoms with Crippen molar-refractivity contribution in [1.29, 1.82) is 0 Å². The lowest BCUT2D eigenvalue weighted by Crippen LogP contribution is -2.06. The number of halogens is 1. The predicted octanol–water partition coefficient (Wildman–Crippen LogP) is 3.78. The number of thioether (sulfide) groups is 1. The normalized spacial score (nSPS) is 13.9. The molecule has 0 spiro atoms. The number of hydrogen-bond acceptors (Lipinski definition) is 1. The first-order valence-electron chi connectivity index (χ1n) is 4.42. The maximum absolute atomic E-state index is 5.71. The van der Waals surface area contributed by atoms with Crippen LogP contribution < -0.4 is 0 Å². The van der Waals surface area contributed by atoms with Gasteiger partial charge in [-0.2, -0.15) is 11.8 Å². The number of hydrogen-bond donors (Lipinski definition) is 0. The summed E-state index contributed by atoms with van der Waals surface area (Å²) >= 11 is 7.78. The smallest absolute Gasteiger partial charge is 0.0257 e. The van der Waals surface area contributed by atoms with Gasteiger partial charge in [-0.05, 0) is 24.5 Å². The van der Waals surface area contributed by atoms with Crippen molar-refractivity contribution in [2.45, 2.75) is 38.9 Å². The molecule has 0 amide bonds. The Hall–Kier alpha value is 0.640. The van der Waals surface area contributed by atoms with Gasteiger partial charge < -0.3 is 0 Å². The molecule has 0 heterocycles. The molecular weight excluding hydrogens is 176 g/mol. The van der Waals surface area contributed by atoms with Crippen LogP contribution in [0, 0.1) is 5.92 Å². The van der Waals surface area contributed by atoms with Crippen molar-refractivity contribution < 1.29 is 0 Å². The topological polar surface area (TPSA) is 0 Å². The molecule has 0 N–H and O–H groups in total. The van der Waals surface area contributed by atoms with Gasteiger partial charge in [0.25, 0.3) is 0 Å². The van der Waals surface area contributed by atoms with Crippen LogP contribution in [0.25, 0.3) is 0 Å². The Morgan fingerprint density at radius 1 is 1.27 bits per heavy atom. The van der Waals surface area contributed by atoms with Crippen LogP contribution in [0.2, 0.25) is 0 Å². The molecule has 2 heteroatoms. The van der Waals surface area contributed by atoms with Gasteiger partial charge in [0.2, 0.25) is 0 Å². The van der Waals surface area contributed by atoms with Gasteiger partial charge in [-0.25, -0.2) is 0 Å². The first kappa shape index (κ1) is 11.6. The first-order valence-corrected chi connectivity index (χ1v) is 6.00. The highest BCUT2D eigenvalue weighted by Gasteiger charge is 2.06. The third-order valence-corrected chi connectivity index (χ3v) is 4.22. The minimum absolute atomic E-state index is 0.669. The second kappa shape index (κ2) is 7.30. The van der Waals surface area contributed by atoms with Crippen LogP contribution in [-0.2, 0) is 0 Å². The molecule has 1 atom stereocenters. The molecule has 0 fully saturated rings. The average molecular weight is 195 g/mol. The molecule has 0 radical (unpaired) electrons. The van der Waals surface area contributed by atoms with Gasteiger partial charge in [-0.15, -0.1) is 11.6 Å². The lowest BCUT2D eigenvalue weighted by atomic mass is 10.3. The zero-order valence-corrected chi connectivity index (χ0v) is 9.34. The molecule has 0 bridgehead atoms. The summed E-state index contributed by atoms with van der Waals surface area (Å²) in [6.07, 6.45) is 2.58. The van der Waals surface area contributed by atoms with Crippen LogP contribution >= 0.6 is 23.4 Å². The van der Waals surface area contributed by atoms with Crippen LogP contribution in [0.15, 0.2) is 0 Å². The number of rotatable bonds is 6. The fraction of sp³-hybridized carbons (Fsp3) is 1.00. The van der Waals surface area contributed by atoms with E-state index in [1.54, 1.807) is 0 Å². The third-order valence-electron chi connectivity index (χ3n) is 1.79. The van der Waals surface area contributed by atoms with Crippen molar-refractivity contribution >= 4 is 23.4 Å². The molecule has 11 heavy (non-hydrogen) atoms. The van der Waals surface area contributed by atoms with Crippen molar-refractivity contribution in [2.75, 3.05) is 11.6 Å². The second-order valence-electron chi connectivity index (χ2n) is 3.03. The fourth-order valence-electron chi connectivity index (χ4n) is 0.869. The quantitative estimate of drug-likeness (QED) is 0.580. The van der Waals surface area contributed by atoms with E-state index in [2.05, 4.69) is 32.5 Å². The van der Waals surface area contributed by atoms with Gasteiger partial charge in [0.05, 0.1) is 0 Å². The third kappa shape index (κ3) is 5.86. The maximum Gasteiger partial charge on any atom is 0.0257 e. The highest BCUT2D eigenvalue weighted by atomic mass is 35.5. The lowest BCUT2D eigenvalue weighted by molar-refractivity contribution is 0.742. The van der Waals surface area contributed by atoms with E-state index in [0.717, 1.165) is 11.1 Å². The number of alkyl halides is 1. The summed E-state index contributed by atoms with van der Waals surface area (Å²) in [7, 11) is 0. The van der Waals surface area contributed by atoms with Gasteiger partial charge in [0, 0.05) is 11.1 Å². The molecule has 0 aromatic carbocycles. The SMILES string of the molecule is CCC(CC)SCC(C)CCl. The van der Waals surface area contributed by atoms with Crippen LogP contribution in [-0.4, -0.2) is 16.9 Å². The van der Waals surface area contributed by atoms with E-state index in [1.165, 1.54) is 18.6 Å². The zero-order chi connectivity index (χ0) is 8.69. The molecule has 0 aliphatic carbocycles. The van der Waals surface area contributed by atoms with Crippen molar-refractivity contribution in [1.82, 2.24) is 0 Å². The van der Waals surface area contributed by atoms with E-state index < -0.39 is 0 Å². The monoisotopic (exact) mass is 194 g/mol. The standard InChI is InChI=1S/C9H19ClS/c1-4-9(5-2)11-7-8(3)6-10/h8-9H,4-7H2,1-3H3. The highest BCUT2D eigenvalue weighted by molar-refractivity contribution is 7.99. The van der Waals surface area contributed by atoms with Gasteiger partial charge >= 0.3 is 0 Å². The summed E-state index contributed by atoms with van der Waals surface area (Å²) in [5.41, 5.74) is 0. The minimum Gasteiger partial charge on any atom is -0.158 e. The Labute approximate surface area is 80.1 Å². The van der Waals surface area contributed by atoms with Crippen LogP contribution in [0.5, 0.6) is 0 Å². The van der Waals surface area contributed by atoms with Crippen LogP contribution in [0.3, 0.4) is 0 Å². The van der Waals surface area contributed by atoms with Crippen molar-refractivity contribution in [2.24, 2.45) is 5.92 Å². The summed E-state index contributed by atoms with van der Waals surface area (Å²) < 4.78 is 0. The van der Waals surface area contributed by atoms with E-state index >= 15 is 0 Å². The molecule has 0 saturated heterocycles. The molecular formula is C9H19ClS. The van der Waals surface area contributed by atoms with Crippen LogP contribution in [0.1, 0.15) is 33.6 Å². The molecule has 0 aliphatic heterocycles. The Kier molecular flexibility index (Phi) is 7.72. The van der Waals surface area contributed by atoms with Gasteiger partial charge in [0.1, 0.15) is 0 Å². The summed E-state index contributed by atoms with van der Waals surface area (Å²) in [5, 5.41) is 0.848. The van der Waals surface area contributed by atoms with Crippen LogP contribution in [0.4, 0.5) is 0 Å². The van der Waals surface area contributed by atoms with E-state index in [1.807, 2.05) is 0 Å². The molecule has 1 unspecified atom stereocenters. The molecule has 0 aromatic rings. The maximum atomic E-state index is 5.71. The Morgan fingerprint density at radius 3 is 2.18 bits per heavy atom.